The largest absolute Gasteiger partial charge is 0.493 e. The van der Waals surface area contributed by atoms with Gasteiger partial charge in [-0.25, -0.2) is 4.98 Å². The van der Waals surface area contributed by atoms with E-state index >= 15 is 0 Å². The summed E-state index contributed by atoms with van der Waals surface area (Å²) in [4.78, 5) is 30.2. The Kier molecular flexibility index (Phi) is 4.94. The molecule has 0 bridgehead atoms. The molecule has 0 spiro atoms. The second-order valence-corrected chi connectivity index (χ2v) is 5.29. The van der Waals surface area contributed by atoms with E-state index in [0.717, 1.165) is 11.0 Å². The van der Waals surface area contributed by atoms with E-state index in [1.807, 2.05) is 24.3 Å². The minimum Gasteiger partial charge on any atom is -0.493 e. The summed E-state index contributed by atoms with van der Waals surface area (Å²) in [6, 6.07) is 12.4. The molecule has 1 aromatic heterocycles. The summed E-state index contributed by atoms with van der Waals surface area (Å²) in [5.41, 5.74) is 2.24. The molecule has 0 radical (unpaired) electrons. The fourth-order valence-electron chi connectivity index (χ4n) is 2.34. The zero-order valence-electron chi connectivity index (χ0n) is 13.6. The molecule has 2 N–H and O–H groups in total. The van der Waals surface area contributed by atoms with Crippen LogP contribution in [0.2, 0.25) is 0 Å². The molecule has 7 nitrogen and oxygen atoms in total. The van der Waals surface area contributed by atoms with Crippen molar-refractivity contribution in [3.63, 3.8) is 0 Å². The van der Waals surface area contributed by atoms with E-state index in [1.165, 1.54) is 7.11 Å². The number of nitrogens with zero attached hydrogens (tertiary/aromatic N) is 1. The Morgan fingerprint density at radius 1 is 1.24 bits per heavy atom. The lowest BCUT2D eigenvalue weighted by atomic mass is 10.2. The SMILES string of the molecule is COc1cc(C=O)ccc1OCC(=O)NCc1nc2ccccc2[nH]1. The predicted molar refractivity (Wildman–Crippen MR) is 91.8 cm³/mol. The number of para-hydroxylation sites is 2. The molecule has 0 atom stereocenters. The van der Waals surface area contributed by atoms with Crippen molar-refractivity contribution in [1.82, 2.24) is 15.3 Å². The molecule has 7 heteroatoms. The highest BCUT2D eigenvalue weighted by Gasteiger charge is 2.09. The molecule has 0 saturated carbocycles. The van der Waals surface area contributed by atoms with Gasteiger partial charge in [0.25, 0.3) is 5.91 Å². The summed E-state index contributed by atoms with van der Waals surface area (Å²) in [6.45, 7) is 0.106. The number of nitrogens with one attached hydrogen (secondary N) is 2. The number of ether oxygens (including phenoxy) is 2. The Labute approximate surface area is 144 Å². The summed E-state index contributed by atoms with van der Waals surface area (Å²) in [6.07, 6.45) is 0.715. The summed E-state index contributed by atoms with van der Waals surface area (Å²) >= 11 is 0. The zero-order valence-corrected chi connectivity index (χ0v) is 13.6. The lowest BCUT2D eigenvalue weighted by molar-refractivity contribution is -0.123. The van der Waals surface area contributed by atoms with Gasteiger partial charge in [0.2, 0.25) is 0 Å². The fraction of sp³-hybridized carbons (Fsp3) is 0.167. The number of carbonyl (C=O) groups is 2. The number of hydrogen-bond acceptors (Lipinski definition) is 5. The number of H-pyrrole nitrogens is 1. The van der Waals surface area contributed by atoms with Gasteiger partial charge in [-0.3, -0.25) is 9.59 Å². The molecule has 0 aliphatic carbocycles. The number of aromatic amines is 1. The second-order valence-electron chi connectivity index (χ2n) is 5.29. The highest BCUT2D eigenvalue weighted by Crippen LogP contribution is 2.27. The number of imidazole rings is 1. The first-order valence-corrected chi connectivity index (χ1v) is 7.66. The van der Waals surface area contributed by atoms with Crippen LogP contribution in [0, 0.1) is 0 Å². The van der Waals surface area contributed by atoms with Gasteiger partial charge in [0.15, 0.2) is 18.1 Å². The third-order valence-electron chi connectivity index (χ3n) is 3.57. The standard InChI is InChI=1S/C18H17N3O4/c1-24-16-8-12(10-22)6-7-15(16)25-11-18(23)19-9-17-20-13-4-2-3-5-14(13)21-17/h2-8,10H,9,11H2,1H3,(H,19,23)(H,20,21). The second kappa shape index (κ2) is 7.48. The van der Waals surface area contributed by atoms with Crippen molar-refractivity contribution in [1.29, 1.82) is 0 Å². The fourth-order valence-corrected chi connectivity index (χ4v) is 2.34. The molecule has 0 fully saturated rings. The van der Waals surface area contributed by atoms with Gasteiger partial charge in [0, 0.05) is 5.56 Å². The average Bonchev–Trinajstić information content (AvgIpc) is 3.07. The summed E-state index contributed by atoms with van der Waals surface area (Å²) < 4.78 is 10.6. The van der Waals surface area contributed by atoms with Crippen LogP contribution < -0.4 is 14.8 Å². The number of amides is 1. The zero-order chi connectivity index (χ0) is 17.6. The van der Waals surface area contributed by atoms with E-state index in [4.69, 9.17) is 9.47 Å². The normalized spacial score (nSPS) is 10.4. The Hall–Kier alpha value is -3.35. The van der Waals surface area contributed by atoms with Crippen molar-refractivity contribution in [3.8, 4) is 11.5 Å². The van der Waals surface area contributed by atoms with Crippen LogP contribution in [0.5, 0.6) is 11.5 Å². The number of methoxy groups -OCH3 is 1. The molecule has 3 aromatic rings. The van der Waals surface area contributed by atoms with Crippen LogP contribution in [0.1, 0.15) is 16.2 Å². The molecule has 0 unspecified atom stereocenters. The van der Waals surface area contributed by atoms with Crippen LogP contribution in [0.4, 0.5) is 0 Å². The number of benzene rings is 2. The van der Waals surface area contributed by atoms with Crippen molar-refractivity contribution in [2.45, 2.75) is 6.54 Å². The third kappa shape index (κ3) is 3.95. The summed E-state index contributed by atoms with van der Waals surface area (Å²) in [5.74, 6) is 1.17. The Bertz CT molecular complexity index is 871. The van der Waals surface area contributed by atoms with E-state index in [0.29, 0.717) is 29.2 Å². The lowest BCUT2D eigenvalue weighted by Gasteiger charge is -2.10. The molecule has 0 saturated heterocycles. The molecule has 1 amide bonds. The van der Waals surface area contributed by atoms with E-state index < -0.39 is 0 Å². The van der Waals surface area contributed by atoms with Gasteiger partial charge in [-0.2, -0.15) is 0 Å². The van der Waals surface area contributed by atoms with Gasteiger partial charge >= 0.3 is 0 Å². The Morgan fingerprint density at radius 2 is 2.08 bits per heavy atom. The predicted octanol–water partition coefficient (Wildman–Crippen LogP) is 2.08. The van der Waals surface area contributed by atoms with Crippen molar-refractivity contribution in [3.05, 3.63) is 53.9 Å². The van der Waals surface area contributed by atoms with E-state index in [2.05, 4.69) is 15.3 Å². The van der Waals surface area contributed by atoms with Crippen molar-refractivity contribution < 1.29 is 19.1 Å². The first-order valence-electron chi connectivity index (χ1n) is 7.66. The first kappa shape index (κ1) is 16.5. The van der Waals surface area contributed by atoms with Crippen molar-refractivity contribution in [2.75, 3.05) is 13.7 Å². The highest BCUT2D eigenvalue weighted by molar-refractivity contribution is 5.79. The maximum atomic E-state index is 12.0. The molecule has 128 valence electrons. The van der Waals surface area contributed by atoms with Gasteiger partial charge in [-0.05, 0) is 30.3 Å². The molecule has 0 aliphatic heterocycles. The van der Waals surface area contributed by atoms with Crippen LogP contribution in [0.25, 0.3) is 11.0 Å². The van der Waals surface area contributed by atoms with Crippen LogP contribution in [0.3, 0.4) is 0 Å². The van der Waals surface area contributed by atoms with Gasteiger partial charge in [0.1, 0.15) is 12.1 Å². The third-order valence-corrected chi connectivity index (χ3v) is 3.57. The Balaban J connectivity index is 1.55. The summed E-state index contributed by atoms with van der Waals surface area (Å²) in [5, 5.41) is 2.74. The number of aldehydes is 1. The number of fused-ring (bicyclic) bond motifs is 1. The quantitative estimate of drug-likeness (QED) is 0.643. The average molecular weight is 339 g/mol. The van der Waals surface area contributed by atoms with Crippen LogP contribution in [0.15, 0.2) is 42.5 Å². The maximum Gasteiger partial charge on any atom is 0.258 e. The molecular formula is C18H17N3O4. The highest BCUT2D eigenvalue weighted by atomic mass is 16.5. The van der Waals surface area contributed by atoms with E-state index in [9.17, 15) is 9.59 Å². The Morgan fingerprint density at radius 3 is 2.84 bits per heavy atom. The smallest absolute Gasteiger partial charge is 0.258 e. The van der Waals surface area contributed by atoms with E-state index in [1.54, 1.807) is 18.2 Å². The minimum absolute atomic E-state index is 0.170. The number of rotatable bonds is 7. The van der Waals surface area contributed by atoms with Gasteiger partial charge in [-0.1, -0.05) is 12.1 Å². The molecular weight excluding hydrogens is 322 g/mol. The first-order chi connectivity index (χ1) is 12.2. The van der Waals surface area contributed by atoms with Gasteiger partial charge in [0.05, 0.1) is 24.7 Å². The number of carbonyl (C=O) groups excluding carboxylic acids is 2. The minimum atomic E-state index is -0.290. The van der Waals surface area contributed by atoms with Gasteiger partial charge < -0.3 is 19.8 Å². The lowest BCUT2D eigenvalue weighted by Crippen LogP contribution is -2.28. The van der Waals surface area contributed by atoms with Crippen molar-refractivity contribution >= 4 is 23.2 Å². The molecule has 3 rings (SSSR count). The van der Waals surface area contributed by atoms with Crippen LogP contribution in [-0.4, -0.2) is 35.9 Å². The van der Waals surface area contributed by atoms with Crippen LogP contribution in [-0.2, 0) is 11.3 Å². The monoisotopic (exact) mass is 339 g/mol. The molecule has 2 aromatic carbocycles. The van der Waals surface area contributed by atoms with Crippen molar-refractivity contribution in [2.24, 2.45) is 0 Å². The van der Waals surface area contributed by atoms with E-state index in [-0.39, 0.29) is 19.1 Å². The number of hydrogen-bond donors (Lipinski definition) is 2. The molecule has 25 heavy (non-hydrogen) atoms. The van der Waals surface area contributed by atoms with Gasteiger partial charge in [-0.15, -0.1) is 0 Å². The molecule has 1 heterocycles. The summed E-state index contributed by atoms with van der Waals surface area (Å²) in [7, 11) is 1.47. The maximum absolute atomic E-state index is 12.0. The number of aromatic nitrogens is 2. The topological polar surface area (TPSA) is 93.3 Å². The van der Waals surface area contributed by atoms with Crippen LogP contribution >= 0.6 is 0 Å². The molecule has 0 aliphatic rings.